The van der Waals surface area contributed by atoms with Crippen LogP contribution in [0.1, 0.15) is 49.1 Å². The lowest BCUT2D eigenvalue weighted by atomic mass is 9.86. The van der Waals surface area contributed by atoms with Gasteiger partial charge < -0.3 is 34.4 Å². The zero-order valence-corrected chi connectivity index (χ0v) is 23.8. The van der Waals surface area contributed by atoms with Crippen LogP contribution in [0.25, 0.3) is 11.5 Å². The van der Waals surface area contributed by atoms with Gasteiger partial charge in [-0.15, -0.1) is 0 Å². The van der Waals surface area contributed by atoms with E-state index in [9.17, 15) is 19.5 Å². The number of amides is 2. The summed E-state index contributed by atoms with van der Waals surface area (Å²) in [5.41, 5.74) is 2.31. The van der Waals surface area contributed by atoms with Crippen LogP contribution in [0.3, 0.4) is 0 Å². The summed E-state index contributed by atoms with van der Waals surface area (Å²) in [6.07, 6.45) is 2.09. The lowest BCUT2D eigenvalue weighted by Crippen LogP contribution is -2.46. The Kier molecular flexibility index (Phi) is 10.9. The lowest BCUT2D eigenvalue weighted by molar-refractivity contribution is -0.141. The number of nitrogens with zero attached hydrogens (tertiary/aromatic N) is 1. The van der Waals surface area contributed by atoms with Crippen molar-refractivity contribution in [3.05, 3.63) is 71.6 Å². The van der Waals surface area contributed by atoms with Gasteiger partial charge in [0.15, 0.2) is 0 Å². The number of alkyl carbamates (subject to hydrolysis) is 1. The second kappa shape index (κ2) is 15.0. The van der Waals surface area contributed by atoms with Gasteiger partial charge in [0.1, 0.15) is 29.9 Å². The van der Waals surface area contributed by atoms with Gasteiger partial charge >= 0.3 is 12.1 Å². The fourth-order valence-electron chi connectivity index (χ4n) is 4.92. The number of ether oxygens (including phenoxy) is 3. The third-order valence-corrected chi connectivity index (χ3v) is 7.14. The largest absolute Gasteiger partial charge is 0.497 e. The summed E-state index contributed by atoms with van der Waals surface area (Å²) in [7, 11) is 1.61. The van der Waals surface area contributed by atoms with Crippen molar-refractivity contribution in [2.45, 2.75) is 64.3 Å². The zero-order chi connectivity index (χ0) is 29.9. The molecule has 0 radical (unpaired) electrons. The van der Waals surface area contributed by atoms with E-state index in [-0.39, 0.29) is 18.6 Å². The zero-order valence-electron chi connectivity index (χ0n) is 23.8. The number of hydrogen-bond donors (Lipinski definition) is 3. The highest BCUT2D eigenvalue weighted by atomic mass is 16.5. The highest BCUT2D eigenvalue weighted by Gasteiger charge is 2.28. The molecule has 1 aromatic heterocycles. The fraction of sp³-hybridized carbons (Fsp3) is 0.419. The van der Waals surface area contributed by atoms with Crippen molar-refractivity contribution in [2.75, 3.05) is 13.7 Å². The van der Waals surface area contributed by atoms with Crippen molar-refractivity contribution in [1.82, 2.24) is 15.6 Å². The molecule has 3 atom stereocenters. The van der Waals surface area contributed by atoms with E-state index in [0.717, 1.165) is 41.8 Å². The Balaban J connectivity index is 1.20. The van der Waals surface area contributed by atoms with Gasteiger partial charge in [0.05, 0.1) is 20.1 Å². The van der Waals surface area contributed by atoms with Crippen LogP contribution in [-0.4, -0.2) is 53.9 Å². The summed E-state index contributed by atoms with van der Waals surface area (Å²) < 4.78 is 22.2. The van der Waals surface area contributed by atoms with Crippen LogP contribution >= 0.6 is 0 Å². The summed E-state index contributed by atoms with van der Waals surface area (Å²) >= 11 is 0. The molecule has 224 valence electrons. The van der Waals surface area contributed by atoms with E-state index in [0.29, 0.717) is 31.3 Å². The van der Waals surface area contributed by atoms with Crippen LogP contribution in [0.15, 0.2) is 59.0 Å². The molecule has 4 rings (SSSR count). The molecule has 11 nitrogen and oxygen atoms in total. The Morgan fingerprint density at radius 2 is 1.90 bits per heavy atom. The number of aryl methyl sites for hydroxylation is 1. The average Bonchev–Trinajstić information content (AvgIpc) is 3.36. The van der Waals surface area contributed by atoms with Crippen molar-refractivity contribution in [3.63, 3.8) is 0 Å². The van der Waals surface area contributed by atoms with Gasteiger partial charge in [-0.2, -0.15) is 0 Å². The molecule has 0 spiro atoms. The van der Waals surface area contributed by atoms with Crippen molar-refractivity contribution in [2.24, 2.45) is 5.92 Å². The number of aliphatic carboxylic acids is 1. The number of benzene rings is 2. The Morgan fingerprint density at radius 3 is 2.67 bits per heavy atom. The SMILES string of the molecule is COc1cccc(-c2nc(COCC3CCCC(NC(=O)C[C@H](NC(=O)OCc4ccccc4)C(=O)O)C3)c(C)o2)c1. The number of methoxy groups -OCH3 is 1. The summed E-state index contributed by atoms with van der Waals surface area (Å²) in [4.78, 5) is 41.0. The summed E-state index contributed by atoms with van der Waals surface area (Å²) in [5.74, 6) is 0.387. The number of rotatable bonds is 13. The minimum atomic E-state index is -1.40. The van der Waals surface area contributed by atoms with Crippen LogP contribution in [0.4, 0.5) is 4.79 Å². The van der Waals surface area contributed by atoms with E-state index < -0.39 is 30.4 Å². The van der Waals surface area contributed by atoms with E-state index in [4.69, 9.17) is 18.6 Å². The number of oxazole rings is 1. The van der Waals surface area contributed by atoms with Crippen LogP contribution in [0, 0.1) is 12.8 Å². The molecule has 3 aromatic rings. The van der Waals surface area contributed by atoms with Gasteiger partial charge in [0.25, 0.3) is 0 Å². The number of carbonyl (C=O) groups is 3. The summed E-state index contributed by atoms with van der Waals surface area (Å²) in [6.45, 7) is 2.65. The van der Waals surface area contributed by atoms with Crippen LogP contribution in [-0.2, 0) is 32.3 Å². The Labute approximate surface area is 244 Å². The molecule has 2 unspecified atom stereocenters. The van der Waals surface area contributed by atoms with Gasteiger partial charge in [0, 0.05) is 18.2 Å². The third-order valence-electron chi connectivity index (χ3n) is 7.14. The number of hydrogen-bond acceptors (Lipinski definition) is 8. The Bertz CT molecular complexity index is 1340. The summed E-state index contributed by atoms with van der Waals surface area (Å²) in [5, 5.41) is 14.7. The van der Waals surface area contributed by atoms with Gasteiger partial charge in [-0.05, 0) is 55.9 Å². The molecule has 1 fully saturated rings. The Morgan fingerprint density at radius 1 is 1.10 bits per heavy atom. The van der Waals surface area contributed by atoms with E-state index in [2.05, 4.69) is 15.6 Å². The van der Waals surface area contributed by atoms with Crippen molar-refractivity contribution in [3.8, 4) is 17.2 Å². The highest BCUT2D eigenvalue weighted by Crippen LogP contribution is 2.27. The lowest BCUT2D eigenvalue weighted by Gasteiger charge is -2.30. The van der Waals surface area contributed by atoms with E-state index in [1.807, 2.05) is 37.3 Å². The maximum absolute atomic E-state index is 12.7. The first-order valence-corrected chi connectivity index (χ1v) is 14.0. The summed E-state index contributed by atoms with van der Waals surface area (Å²) in [6, 6.07) is 15.0. The second-order valence-electron chi connectivity index (χ2n) is 10.4. The number of aromatic nitrogens is 1. The normalized spacial score (nSPS) is 17.2. The molecule has 0 saturated heterocycles. The van der Waals surface area contributed by atoms with Crippen LogP contribution in [0.5, 0.6) is 5.75 Å². The number of carboxylic acids is 1. The van der Waals surface area contributed by atoms with Crippen molar-refractivity contribution < 1.29 is 38.1 Å². The molecule has 1 aliphatic rings. The van der Waals surface area contributed by atoms with Crippen LogP contribution < -0.4 is 15.4 Å². The molecule has 3 N–H and O–H groups in total. The number of nitrogens with one attached hydrogen (secondary N) is 2. The fourth-order valence-corrected chi connectivity index (χ4v) is 4.92. The van der Waals surface area contributed by atoms with E-state index in [1.165, 1.54) is 0 Å². The predicted octanol–water partition coefficient (Wildman–Crippen LogP) is 4.62. The molecule has 2 amide bonds. The van der Waals surface area contributed by atoms with Gasteiger partial charge in [-0.1, -0.05) is 42.8 Å². The first-order valence-electron chi connectivity index (χ1n) is 14.0. The molecule has 11 heteroatoms. The smallest absolute Gasteiger partial charge is 0.408 e. The molecular weight excluding hydrogens is 542 g/mol. The Hall–Kier alpha value is -4.38. The number of carbonyl (C=O) groups excluding carboxylic acids is 2. The first kappa shape index (κ1) is 30.6. The van der Waals surface area contributed by atoms with Gasteiger partial charge in [0.2, 0.25) is 11.8 Å². The van der Waals surface area contributed by atoms with Gasteiger partial charge in [-0.25, -0.2) is 14.6 Å². The van der Waals surface area contributed by atoms with Crippen LogP contribution in [0.2, 0.25) is 0 Å². The molecule has 0 bridgehead atoms. The molecule has 42 heavy (non-hydrogen) atoms. The standard InChI is InChI=1S/C31H37N3O8/c1-20-27(33-29(42-20)23-11-7-13-25(15-23)39-2)19-40-17-22-10-6-12-24(14-22)32-28(35)16-26(30(36)37)34-31(38)41-18-21-8-4-3-5-9-21/h3-5,7-9,11,13,15,22,24,26H,6,10,12,14,16-19H2,1-2H3,(H,32,35)(H,34,38)(H,36,37)/t22?,24?,26-/m0/s1. The molecule has 0 aliphatic heterocycles. The molecule has 1 heterocycles. The van der Waals surface area contributed by atoms with Crippen molar-refractivity contribution >= 4 is 18.0 Å². The highest BCUT2D eigenvalue weighted by molar-refractivity contribution is 5.87. The molecular formula is C31H37N3O8. The minimum absolute atomic E-state index is 0.00359. The van der Waals surface area contributed by atoms with E-state index >= 15 is 0 Å². The third kappa shape index (κ3) is 9.07. The quantitative estimate of drug-likeness (QED) is 0.264. The average molecular weight is 580 g/mol. The maximum Gasteiger partial charge on any atom is 0.408 e. The topological polar surface area (TPSA) is 149 Å². The minimum Gasteiger partial charge on any atom is -0.497 e. The van der Waals surface area contributed by atoms with Gasteiger partial charge in [-0.3, -0.25) is 4.79 Å². The first-order chi connectivity index (χ1) is 20.3. The van der Waals surface area contributed by atoms with Crippen molar-refractivity contribution in [1.29, 1.82) is 0 Å². The van der Waals surface area contributed by atoms with E-state index in [1.54, 1.807) is 31.4 Å². The molecule has 1 saturated carbocycles. The molecule has 1 aliphatic carbocycles. The maximum atomic E-state index is 12.7. The monoisotopic (exact) mass is 579 g/mol. The number of carboxylic acid groups (broad SMARTS) is 1. The second-order valence-corrected chi connectivity index (χ2v) is 10.4. The predicted molar refractivity (Wildman–Crippen MR) is 153 cm³/mol. The molecule has 2 aromatic carbocycles.